The second-order valence-corrected chi connectivity index (χ2v) is 5.01. The molecule has 0 aromatic carbocycles. The Labute approximate surface area is 113 Å². The second-order valence-electron chi connectivity index (χ2n) is 5.01. The van der Waals surface area contributed by atoms with Gasteiger partial charge >= 0.3 is 0 Å². The van der Waals surface area contributed by atoms with E-state index in [1.54, 1.807) is 6.20 Å². The van der Waals surface area contributed by atoms with Crippen LogP contribution in [0.25, 0.3) is 0 Å². The van der Waals surface area contributed by atoms with Crippen LogP contribution in [0, 0.1) is 17.2 Å². The van der Waals surface area contributed by atoms with Crippen molar-refractivity contribution in [3.63, 3.8) is 0 Å². The van der Waals surface area contributed by atoms with E-state index >= 15 is 0 Å². The van der Waals surface area contributed by atoms with E-state index in [2.05, 4.69) is 24.9 Å². The van der Waals surface area contributed by atoms with Crippen molar-refractivity contribution in [2.45, 2.75) is 26.4 Å². The van der Waals surface area contributed by atoms with Crippen molar-refractivity contribution in [3.8, 4) is 6.07 Å². The monoisotopic (exact) mass is 254 g/mol. The number of hydrogen-bond donors (Lipinski definition) is 1. The van der Waals surface area contributed by atoms with Crippen molar-refractivity contribution in [2.75, 3.05) is 0 Å². The fraction of sp³-hybridized carbons (Fsp3) is 0.333. The summed E-state index contributed by atoms with van der Waals surface area (Å²) in [5, 5.41) is 9.02. The molecule has 4 heteroatoms. The fourth-order valence-electron chi connectivity index (χ4n) is 2.00. The second kappa shape index (κ2) is 5.68. The number of nitrogens with zero attached hydrogens (tertiary/aromatic N) is 3. The van der Waals surface area contributed by atoms with E-state index in [9.17, 15) is 0 Å². The molecule has 2 aromatic rings. The molecule has 0 fully saturated rings. The Morgan fingerprint density at radius 2 is 2.21 bits per heavy atom. The number of pyridine rings is 1. The Balaban J connectivity index is 2.19. The van der Waals surface area contributed by atoms with Gasteiger partial charge < -0.3 is 10.3 Å². The van der Waals surface area contributed by atoms with Crippen molar-refractivity contribution in [2.24, 2.45) is 11.7 Å². The van der Waals surface area contributed by atoms with E-state index in [4.69, 9.17) is 11.0 Å². The third-order valence-electron chi connectivity index (χ3n) is 3.23. The van der Waals surface area contributed by atoms with Crippen LogP contribution >= 0.6 is 0 Å². The molecule has 4 nitrogen and oxygen atoms in total. The quantitative estimate of drug-likeness (QED) is 0.911. The van der Waals surface area contributed by atoms with E-state index in [-0.39, 0.29) is 6.04 Å². The largest absolute Gasteiger partial charge is 0.349 e. The smallest absolute Gasteiger partial charge is 0.145 e. The molecule has 1 unspecified atom stereocenters. The van der Waals surface area contributed by atoms with E-state index in [0.717, 1.165) is 11.1 Å². The first-order chi connectivity index (χ1) is 9.11. The minimum atomic E-state index is 0.0468. The highest BCUT2D eigenvalue weighted by atomic mass is 14.9. The van der Waals surface area contributed by atoms with Gasteiger partial charge in [0.1, 0.15) is 11.8 Å². The lowest BCUT2D eigenvalue weighted by molar-refractivity contribution is 0.513. The molecule has 0 saturated heterocycles. The van der Waals surface area contributed by atoms with Crippen LogP contribution in [-0.2, 0) is 6.54 Å². The predicted molar refractivity (Wildman–Crippen MR) is 74.3 cm³/mol. The molecule has 2 rings (SSSR count). The molecule has 19 heavy (non-hydrogen) atoms. The summed E-state index contributed by atoms with van der Waals surface area (Å²) < 4.78 is 2.04. The average molecular weight is 254 g/mol. The summed E-state index contributed by atoms with van der Waals surface area (Å²) in [6, 6.07) is 7.97. The SMILES string of the molecule is CC(C)C(N)c1ccn(Cc2cccnc2C#N)c1. The molecule has 2 N–H and O–H groups in total. The number of nitrogens with two attached hydrogens (primary N) is 1. The van der Waals surface area contributed by atoms with Crippen molar-refractivity contribution in [3.05, 3.63) is 53.6 Å². The number of rotatable bonds is 4. The maximum Gasteiger partial charge on any atom is 0.145 e. The molecule has 0 spiro atoms. The molecule has 2 aromatic heterocycles. The topological polar surface area (TPSA) is 67.6 Å². The normalized spacial score (nSPS) is 12.4. The van der Waals surface area contributed by atoms with Gasteiger partial charge in [-0.25, -0.2) is 4.98 Å². The zero-order chi connectivity index (χ0) is 13.8. The first kappa shape index (κ1) is 13.3. The zero-order valence-electron chi connectivity index (χ0n) is 11.2. The summed E-state index contributed by atoms with van der Waals surface area (Å²) in [5.41, 5.74) is 8.64. The first-order valence-electron chi connectivity index (χ1n) is 6.37. The maximum atomic E-state index is 9.02. The van der Waals surface area contributed by atoms with Crippen LogP contribution in [-0.4, -0.2) is 9.55 Å². The molecule has 0 radical (unpaired) electrons. The van der Waals surface area contributed by atoms with Crippen molar-refractivity contribution in [1.29, 1.82) is 5.26 Å². The van der Waals surface area contributed by atoms with Crippen molar-refractivity contribution < 1.29 is 0 Å². The van der Waals surface area contributed by atoms with Gasteiger partial charge in [0.25, 0.3) is 0 Å². The molecule has 1 atom stereocenters. The number of hydrogen-bond acceptors (Lipinski definition) is 3. The van der Waals surface area contributed by atoms with Crippen molar-refractivity contribution >= 4 is 0 Å². The standard InChI is InChI=1S/C15H18N4/c1-11(2)15(17)13-5-7-19(10-13)9-12-4-3-6-18-14(12)8-16/h3-7,10-11,15H,9,17H2,1-2H3. The van der Waals surface area contributed by atoms with Crippen LogP contribution in [0.5, 0.6) is 0 Å². The molecular weight excluding hydrogens is 236 g/mol. The third kappa shape index (κ3) is 3.01. The summed E-state index contributed by atoms with van der Waals surface area (Å²) in [4.78, 5) is 4.06. The molecule has 98 valence electrons. The Bertz CT molecular complexity index is 592. The van der Waals surface area contributed by atoms with Gasteiger partial charge in [0.15, 0.2) is 0 Å². The lowest BCUT2D eigenvalue weighted by Crippen LogP contribution is -2.16. The summed E-state index contributed by atoms with van der Waals surface area (Å²) in [6.45, 7) is 4.86. The number of nitriles is 1. The molecule has 0 saturated carbocycles. The van der Waals surface area contributed by atoms with E-state index in [1.165, 1.54) is 0 Å². The highest BCUT2D eigenvalue weighted by Crippen LogP contribution is 2.19. The molecule has 2 heterocycles. The van der Waals surface area contributed by atoms with Crippen molar-refractivity contribution in [1.82, 2.24) is 9.55 Å². The van der Waals surface area contributed by atoms with Crippen LogP contribution in [0.2, 0.25) is 0 Å². The number of aromatic nitrogens is 2. The van der Waals surface area contributed by atoms with Gasteiger partial charge in [0.2, 0.25) is 0 Å². The molecule has 0 amide bonds. The van der Waals surface area contributed by atoms with Gasteiger partial charge in [0.05, 0.1) is 0 Å². The Hall–Kier alpha value is -2.12. The Morgan fingerprint density at radius 1 is 1.42 bits per heavy atom. The molecule has 0 aliphatic heterocycles. The minimum absolute atomic E-state index is 0.0468. The van der Waals surface area contributed by atoms with Gasteiger partial charge in [-0.3, -0.25) is 0 Å². The van der Waals surface area contributed by atoms with E-state index < -0.39 is 0 Å². The van der Waals surface area contributed by atoms with Crippen LogP contribution in [0.3, 0.4) is 0 Å². The van der Waals surface area contributed by atoms with Gasteiger partial charge in [-0.05, 0) is 23.6 Å². The summed E-state index contributed by atoms with van der Waals surface area (Å²) in [6.07, 6.45) is 5.67. The zero-order valence-corrected chi connectivity index (χ0v) is 11.2. The molecular formula is C15H18N4. The van der Waals surface area contributed by atoms with Gasteiger partial charge in [0, 0.05) is 36.7 Å². The van der Waals surface area contributed by atoms with Gasteiger partial charge in [-0.2, -0.15) is 5.26 Å². The maximum absolute atomic E-state index is 9.02. The van der Waals surface area contributed by atoms with Crippen LogP contribution in [0.4, 0.5) is 0 Å². The van der Waals surface area contributed by atoms with Crippen LogP contribution < -0.4 is 5.73 Å². The lowest BCUT2D eigenvalue weighted by atomic mass is 10.00. The average Bonchev–Trinajstić information content (AvgIpc) is 2.87. The van der Waals surface area contributed by atoms with Crippen LogP contribution in [0.1, 0.15) is 36.7 Å². The summed E-state index contributed by atoms with van der Waals surface area (Å²) in [5.74, 6) is 0.406. The summed E-state index contributed by atoms with van der Waals surface area (Å²) >= 11 is 0. The highest BCUT2D eigenvalue weighted by Gasteiger charge is 2.12. The molecule has 0 bridgehead atoms. The van der Waals surface area contributed by atoms with Gasteiger partial charge in [-0.1, -0.05) is 19.9 Å². The molecule has 0 aliphatic carbocycles. The van der Waals surface area contributed by atoms with E-state index in [1.807, 2.05) is 35.2 Å². The predicted octanol–water partition coefficient (Wildman–Crippen LogP) is 2.46. The molecule has 0 aliphatic rings. The fourth-order valence-corrected chi connectivity index (χ4v) is 2.00. The highest BCUT2D eigenvalue weighted by molar-refractivity contribution is 5.31. The van der Waals surface area contributed by atoms with Crippen LogP contribution in [0.15, 0.2) is 36.8 Å². The lowest BCUT2D eigenvalue weighted by Gasteiger charge is -2.13. The Morgan fingerprint density at radius 3 is 2.89 bits per heavy atom. The van der Waals surface area contributed by atoms with Gasteiger partial charge in [-0.15, -0.1) is 0 Å². The third-order valence-corrected chi connectivity index (χ3v) is 3.23. The first-order valence-corrected chi connectivity index (χ1v) is 6.37. The Kier molecular flexibility index (Phi) is 3.98. The minimum Gasteiger partial charge on any atom is -0.349 e. The van der Waals surface area contributed by atoms with E-state index in [0.29, 0.717) is 18.2 Å². The summed E-state index contributed by atoms with van der Waals surface area (Å²) in [7, 11) is 0.